The van der Waals surface area contributed by atoms with Gasteiger partial charge in [0.2, 0.25) is 5.88 Å². The fraction of sp³-hybridized carbons (Fsp3) is 0.0500. The number of nitrogens with two attached hydrogens (primary N) is 1. The van der Waals surface area contributed by atoms with E-state index in [9.17, 15) is 0 Å². The zero-order valence-electron chi connectivity index (χ0n) is 14.9. The average molecular weight is 369 g/mol. The number of hydrogen-bond donors (Lipinski definition) is 1. The number of pyridine rings is 1. The molecule has 0 radical (unpaired) electrons. The van der Waals surface area contributed by atoms with Crippen molar-refractivity contribution in [1.29, 1.82) is 0 Å². The van der Waals surface area contributed by atoms with Gasteiger partial charge in [0, 0.05) is 11.1 Å². The molecular formula is C20H15N7O. The number of hydrogen-bond acceptors (Lipinski definition) is 7. The second-order valence-electron chi connectivity index (χ2n) is 6.29. The third kappa shape index (κ3) is 2.59. The summed E-state index contributed by atoms with van der Waals surface area (Å²) in [4.78, 5) is 13.1. The van der Waals surface area contributed by atoms with Crippen molar-refractivity contribution in [2.75, 3.05) is 5.73 Å². The Labute approximate surface area is 159 Å². The summed E-state index contributed by atoms with van der Waals surface area (Å²) < 4.78 is 7.60. The van der Waals surface area contributed by atoms with Crippen LogP contribution in [0.25, 0.3) is 27.8 Å². The lowest BCUT2D eigenvalue weighted by Crippen LogP contribution is -2.07. The summed E-state index contributed by atoms with van der Waals surface area (Å²) in [5, 5.41) is 9.28. The minimum atomic E-state index is 0.236. The van der Waals surface area contributed by atoms with Crippen LogP contribution in [0.4, 0.5) is 5.69 Å². The van der Waals surface area contributed by atoms with Crippen molar-refractivity contribution in [2.24, 2.45) is 0 Å². The zero-order valence-corrected chi connectivity index (χ0v) is 14.9. The fourth-order valence-corrected chi connectivity index (χ4v) is 3.05. The normalized spacial score (nSPS) is 11.2. The number of anilines is 1. The molecular weight excluding hydrogens is 354 g/mol. The van der Waals surface area contributed by atoms with E-state index in [1.165, 1.54) is 6.33 Å². The Kier molecular flexibility index (Phi) is 3.61. The minimum absolute atomic E-state index is 0.236. The number of para-hydroxylation sites is 2. The van der Waals surface area contributed by atoms with Gasteiger partial charge in [-0.05, 0) is 31.2 Å². The third-order valence-corrected chi connectivity index (χ3v) is 4.41. The second-order valence-corrected chi connectivity index (χ2v) is 6.29. The van der Waals surface area contributed by atoms with Crippen LogP contribution in [0.1, 0.15) is 5.69 Å². The van der Waals surface area contributed by atoms with Crippen LogP contribution in [0.5, 0.6) is 11.6 Å². The van der Waals surface area contributed by atoms with Crippen LogP contribution in [-0.2, 0) is 0 Å². The van der Waals surface area contributed by atoms with Crippen molar-refractivity contribution in [2.45, 2.75) is 6.92 Å². The van der Waals surface area contributed by atoms with Gasteiger partial charge in [-0.2, -0.15) is 9.67 Å². The van der Waals surface area contributed by atoms with Crippen LogP contribution in [0, 0.1) is 6.92 Å². The molecule has 0 fully saturated rings. The lowest BCUT2D eigenvalue weighted by atomic mass is 10.2. The smallest absolute Gasteiger partial charge is 0.248 e. The van der Waals surface area contributed by atoms with Crippen molar-refractivity contribution in [3.05, 3.63) is 66.6 Å². The molecule has 0 saturated carbocycles. The minimum Gasteiger partial charge on any atom is -0.435 e. The van der Waals surface area contributed by atoms with Crippen LogP contribution < -0.4 is 10.5 Å². The molecule has 3 aromatic heterocycles. The van der Waals surface area contributed by atoms with Gasteiger partial charge < -0.3 is 10.5 Å². The molecule has 0 aliphatic carbocycles. The Morgan fingerprint density at radius 2 is 1.86 bits per heavy atom. The lowest BCUT2D eigenvalue weighted by Gasteiger charge is -2.11. The molecule has 0 saturated heterocycles. The summed E-state index contributed by atoms with van der Waals surface area (Å²) in [6.45, 7) is 1.93. The number of aryl methyl sites for hydroxylation is 1. The molecule has 8 heteroatoms. The van der Waals surface area contributed by atoms with E-state index in [0.29, 0.717) is 11.6 Å². The molecule has 0 aliphatic heterocycles. The topological polar surface area (TPSA) is 105 Å². The first-order chi connectivity index (χ1) is 13.7. The Morgan fingerprint density at radius 1 is 0.964 bits per heavy atom. The van der Waals surface area contributed by atoms with Gasteiger partial charge in [0.05, 0.1) is 5.52 Å². The number of benzene rings is 2. The Morgan fingerprint density at radius 3 is 2.79 bits per heavy atom. The Hall–Kier alpha value is -4.07. The van der Waals surface area contributed by atoms with E-state index in [4.69, 9.17) is 10.5 Å². The molecule has 0 atom stereocenters. The molecule has 0 spiro atoms. The van der Waals surface area contributed by atoms with Crippen molar-refractivity contribution in [3.8, 4) is 17.4 Å². The highest BCUT2D eigenvalue weighted by Crippen LogP contribution is 2.32. The molecule has 5 rings (SSSR count). The number of fused-ring (bicyclic) bond motifs is 2. The quantitative estimate of drug-likeness (QED) is 0.519. The van der Waals surface area contributed by atoms with Crippen LogP contribution in [0.3, 0.4) is 0 Å². The maximum absolute atomic E-state index is 6.33. The van der Waals surface area contributed by atoms with Crippen molar-refractivity contribution in [1.82, 2.24) is 29.9 Å². The van der Waals surface area contributed by atoms with E-state index in [0.717, 1.165) is 27.6 Å². The largest absolute Gasteiger partial charge is 0.435 e. The molecule has 0 bridgehead atoms. The average Bonchev–Trinajstić information content (AvgIpc) is 3.14. The van der Waals surface area contributed by atoms with E-state index < -0.39 is 0 Å². The van der Waals surface area contributed by atoms with Crippen molar-refractivity contribution in [3.63, 3.8) is 0 Å². The highest BCUT2D eigenvalue weighted by molar-refractivity contribution is 5.85. The monoisotopic (exact) mass is 369 g/mol. The number of nitrogen functional groups attached to an aromatic ring is 1. The first-order valence-electron chi connectivity index (χ1n) is 8.66. The van der Waals surface area contributed by atoms with E-state index in [2.05, 4.69) is 25.3 Å². The maximum atomic E-state index is 6.33. The van der Waals surface area contributed by atoms with Crippen LogP contribution >= 0.6 is 0 Å². The summed E-state index contributed by atoms with van der Waals surface area (Å²) in [6, 6.07) is 17.2. The SMILES string of the molecule is Cc1ccc2cccc(Oc3ncnc(-n4nnc5ccccc54)c3N)c2n1. The van der Waals surface area contributed by atoms with Gasteiger partial charge in [0.15, 0.2) is 11.6 Å². The zero-order chi connectivity index (χ0) is 19.1. The highest BCUT2D eigenvalue weighted by Gasteiger charge is 2.16. The van der Waals surface area contributed by atoms with Crippen molar-refractivity contribution >= 4 is 27.6 Å². The fourth-order valence-electron chi connectivity index (χ4n) is 3.05. The Bertz CT molecular complexity index is 1330. The molecule has 5 aromatic rings. The van der Waals surface area contributed by atoms with Gasteiger partial charge in [0.25, 0.3) is 0 Å². The Balaban J connectivity index is 1.62. The van der Waals surface area contributed by atoms with E-state index in [1.54, 1.807) is 4.68 Å². The summed E-state index contributed by atoms with van der Waals surface area (Å²) in [6.07, 6.45) is 1.39. The summed E-state index contributed by atoms with van der Waals surface area (Å²) in [5.41, 5.74) is 9.78. The molecule has 8 nitrogen and oxygen atoms in total. The molecule has 136 valence electrons. The molecule has 3 heterocycles. The number of rotatable bonds is 3. The maximum Gasteiger partial charge on any atom is 0.248 e. The number of aromatic nitrogens is 6. The number of ether oxygens (including phenoxy) is 1. The van der Waals surface area contributed by atoms with Gasteiger partial charge in [-0.3, -0.25) is 0 Å². The predicted molar refractivity (Wildman–Crippen MR) is 105 cm³/mol. The second kappa shape index (κ2) is 6.27. The van der Waals surface area contributed by atoms with Crippen LogP contribution in [0.15, 0.2) is 60.9 Å². The molecule has 0 amide bonds. The summed E-state index contributed by atoms with van der Waals surface area (Å²) >= 11 is 0. The van der Waals surface area contributed by atoms with E-state index in [-0.39, 0.29) is 11.6 Å². The molecule has 2 N–H and O–H groups in total. The van der Waals surface area contributed by atoms with Gasteiger partial charge >= 0.3 is 0 Å². The molecule has 0 aliphatic rings. The molecule has 2 aromatic carbocycles. The first kappa shape index (κ1) is 16.1. The van der Waals surface area contributed by atoms with Gasteiger partial charge in [0.1, 0.15) is 23.0 Å². The van der Waals surface area contributed by atoms with Crippen LogP contribution in [0.2, 0.25) is 0 Å². The lowest BCUT2D eigenvalue weighted by molar-refractivity contribution is 0.467. The standard InChI is InChI=1S/C20H15N7O/c1-12-9-10-13-5-4-8-16(18(13)24-12)28-20-17(21)19(22-11-23-20)27-15-7-3-2-6-14(15)25-26-27/h2-11H,21H2,1H3. The summed E-state index contributed by atoms with van der Waals surface area (Å²) in [5.74, 6) is 1.21. The van der Waals surface area contributed by atoms with E-state index in [1.807, 2.05) is 61.5 Å². The molecule has 28 heavy (non-hydrogen) atoms. The van der Waals surface area contributed by atoms with Gasteiger partial charge in [-0.25, -0.2) is 9.97 Å². The summed E-state index contributed by atoms with van der Waals surface area (Å²) in [7, 11) is 0. The predicted octanol–water partition coefficient (Wildman–Crippen LogP) is 3.44. The molecule has 0 unspecified atom stereocenters. The van der Waals surface area contributed by atoms with Gasteiger partial charge in [-0.15, -0.1) is 5.10 Å². The highest BCUT2D eigenvalue weighted by atomic mass is 16.5. The van der Waals surface area contributed by atoms with Crippen molar-refractivity contribution < 1.29 is 4.74 Å². The third-order valence-electron chi connectivity index (χ3n) is 4.41. The van der Waals surface area contributed by atoms with Gasteiger partial charge in [-0.1, -0.05) is 35.5 Å². The van der Waals surface area contributed by atoms with Crippen LogP contribution in [-0.4, -0.2) is 29.9 Å². The first-order valence-corrected chi connectivity index (χ1v) is 8.66. The van der Waals surface area contributed by atoms with E-state index >= 15 is 0 Å². The number of nitrogens with zero attached hydrogens (tertiary/aromatic N) is 6.